The Morgan fingerprint density at radius 3 is 2.84 bits per heavy atom. The summed E-state index contributed by atoms with van der Waals surface area (Å²) < 4.78 is 6.98. The zero-order valence-electron chi connectivity index (χ0n) is 20.8. The number of hydrogen-bond donors (Lipinski definition) is 0. The quantitative estimate of drug-likeness (QED) is 0.330. The lowest BCUT2D eigenvalue weighted by atomic mass is 9.74. The molecule has 3 aliphatic rings. The maximum absolute atomic E-state index is 13.5. The van der Waals surface area contributed by atoms with Gasteiger partial charge in [0, 0.05) is 42.8 Å². The van der Waals surface area contributed by atoms with E-state index in [0.29, 0.717) is 16.5 Å². The van der Waals surface area contributed by atoms with Crippen LogP contribution in [0.5, 0.6) is 0 Å². The number of piperidine rings is 1. The number of hydrogen-bond acceptors (Lipinski definition) is 5. The summed E-state index contributed by atoms with van der Waals surface area (Å²) in [7, 11) is 0. The molecule has 4 heterocycles. The molecule has 0 saturated carbocycles. The molecule has 1 amide bonds. The van der Waals surface area contributed by atoms with Crippen molar-refractivity contribution in [2.75, 3.05) is 37.7 Å². The zero-order valence-corrected chi connectivity index (χ0v) is 23.1. The van der Waals surface area contributed by atoms with Crippen LogP contribution < -0.4 is 4.90 Å². The average molecular weight is 557 g/mol. The molecule has 0 aliphatic carbocycles. The van der Waals surface area contributed by atoms with E-state index in [1.807, 2.05) is 23.7 Å². The van der Waals surface area contributed by atoms with Crippen LogP contribution in [0, 0.1) is 0 Å². The van der Waals surface area contributed by atoms with E-state index in [1.165, 1.54) is 10.3 Å². The van der Waals surface area contributed by atoms with E-state index >= 15 is 0 Å². The van der Waals surface area contributed by atoms with Crippen molar-refractivity contribution in [3.63, 3.8) is 0 Å². The van der Waals surface area contributed by atoms with Crippen LogP contribution in [0.3, 0.4) is 0 Å². The molecule has 3 aromatic rings. The second kappa shape index (κ2) is 10.7. The number of rotatable bonds is 6. The molecule has 2 aromatic carbocycles. The van der Waals surface area contributed by atoms with Gasteiger partial charge in [0.05, 0.1) is 31.9 Å². The normalized spacial score (nSPS) is 21.5. The summed E-state index contributed by atoms with van der Waals surface area (Å²) in [5, 5.41) is 1.15. The number of thiazole rings is 1. The number of amides is 1. The van der Waals surface area contributed by atoms with Crippen LogP contribution in [-0.4, -0.2) is 54.7 Å². The molecule has 1 unspecified atom stereocenters. The Kier molecular flexibility index (Phi) is 7.30. The van der Waals surface area contributed by atoms with Crippen LogP contribution in [0.25, 0.3) is 16.3 Å². The molecular formula is C29H31Cl2N3O2S. The molecular weight excluding hydrogens is 525 g/mol. The van der Waals surface area contributed by atoms with Gasteiger partial charge >= 0.3 is 0 Å². The highest BCUT2D eigenvalue weighted by Crippen LogP contribution is 2.50. The smallest absolute Gasteiger partial charge is 0.227 e. The standard InChI is InChI=1S/C29H31Cl2N3O2S/c30-22-7-5-20(17-23(22)31)3-1-13-33-14-11-29(12-15-33)18-34(26(35)10-6-21-4-2-16-36-21)24-8-9-25-28(27(24)29)32-19-37-25/h1,3,5,7-9,17,19,21H,2,4,6,10-16,18H2/b3-1+. The summed E-state index contributed by atoms with van der Waals surface area (Å²) in [6.07, 6.45) is 10.1. The number of anilines is 1. The first-order chi connectivity index (χ1) is 18.0. The van der Waals surface area contributed by atoms with E-state index in [1.54, 1.807) is 11.3 Å². The van der Waals surface area contributed by atoms with Crippen LogP contribution in [0.4, 0.5) is 5.69 Å². The lowest BCUT2D eigenvalue weighted by Gasteiger charge is -2.39. The van der Waals surface area contributed by atoms with Gasteiger partial charge in [-0.3, -0.25) is 9.69 Å². The molecule has 0 bridgehead atoms. The monoisotopic (exact) mass is 555 g/mol. The topological polar surface area (TPSA) is 45.7 Å². The Morgan fingerprint density at radius 2 is 2.05 bits per heavy atom. The Bertz CT molecular complexity index is 1330. The van der Waals surface area contributed by atoms with Crippen molar-refractivity contribution in [1.29, 1.82) is 0 Å². The van der Waals surface area contributed by atoms with Crippen LogP contribution in [0.15, 0.2) is 41.9 Å². The van der Waals surface area contributed by atoms with Crippen molar-refractivity contribution in [2.24, 2.45) is 0 Å². The number of carbonyl (C=O) groups excluding carboxylic acids is 1. The van der Waals surface area contributed by atoms with Gasteiger partial charge in [-0.15, -0.1) is 11.3 Å². The summed E-state index contributed by atoms with van der Waals surface area (Å²) >= 11 is 13.9. The van der Waals surface area contributed by atoms with Crippen LogP contribution in [0.2, 0.25) is 10.0 Å². The maximum Gasteiger partial charge on any atom is 0.227 e. The summed E-state index contributed by atoms with van der Waals surface area (Å²) in [5.74, 6) is 0.218. The molecule has 1 atom stereocenters. The van der Waals surface area contributed by atoms with Crippen molar-refractivity contribution in [2.45, 2.75) is 50.0 Å². The van der Waals surface area contributed by atoms with Gasteiger partial charge in [0.15, 0.2) is 0 Å². The van der Waals surface area contributed by atoms with Crippen LogP contribution >= 0.6 is 34.5 Å². The first-order valence-electron chi connectivity index (χ1n) is 13.1. The number of ether oxygens (including phenoxy) is 1. The number of halogens is 2. The largest absolute Gasteiger partial charge is 0.378 e. The molecule has 6 rings (SSSR count). The van der Waals surface area contributed by atoms with Crippen LogP contribution in [-0.2, 0) is 14.9 Å². The first kappa shape index (κ1) is 25.3. The first-order valence-corrected chi connectivity index (χ1v) is 14.8. The lowest BCUT2D eigenvalue weighted by molar-refractivity contribution is -0.119. The number of carbonyl (C=O) groups is 1. The van der Waals surface area contributed by atoms with E-state index in [4.69, 9.17) is 32.9 Å². The average Bonchev–Trinajstić information content (AvgIpc) is 3.65. The number of benzene rings is 2. The van der Waals surface area contributed by atoms with Gasteiger partial charge in [0.25, 0.3) is 0 Å². The zero-order chi connectivity index (χ0) is 25.4. The second-order valence-electron chi connectivity index (χ2n) is 10.5. The van der Waals surface area contributed by atoms with Crippen molar-refractivity contribution in [1.82, 2.24) is 9.88 Å². The number of nitrogens with zero attached hydrogens (tertiary/aromatic N) is 3. The Morgan fingerprint density at radius 1 is 1.19 bits per heavy atom. The molecule has 1 aromatic heterocycles. The minimum atomic E-state index is -0.0354. The molecule has 8 heteroatoms. The fourth-order valence-electron chi connectivity index (χ4n) is 6.17. The van der Waals surface area contributed by atoms with Gasteiger partial charge in [0.1, 0.15) is 0 Å². The fourth-order valence-corrected chi connectivity index (χ4v) is 7.17. The Hall–Kier alpha value is -1.96. The Balaban J connectivity index is 1.17. The van der Waals surface area contributed by atoms with Gasteiger partial charge in [0.2, 0.25) is 5.91 Å². The molecule has 194 valence electrons. The van der Waals surface area contributed by atoms with E-state index < -0.39 is 0 Å². The molecule has 37 heavy (non-hydrogen) atoms. The summed E-state index contributed by atoms with van der Waals surface area (Å²) in [6.45, 7) is 4.45. The van der Waals surface area contributed by atoms with Gasteiger partial charge < -0.3 is 9.64 Å². The third-order valence-corrected chi connectivity index (χ3v) is 9.73. The maximum atomic E-state index is 13.5. The number of fused-ring (bicyclic) bond motifs is 4. The fraction of sp³-hybridized carbons (Fsp3) is 0.448. The lowest BCUT2D eigenvalue weighted by Crippen LogP contribution is -2.46. The SMILES string of the molecule is O=C(CCC1CCCO1)N1CC2(CCN(C/C=C/c3ccc(Cl)c(Cl)c3)CC2)c2c1ccc1scnc21. The van der Waals surface area contributed by atoms with Gasteiger partial charge in [-0.25, -0.2) is 4.98 Å². The summed E-state index contributed by atoms with van der Waals surface area (Å²) in [4.78, 5) is 22.8. The van der Waals surface area contributed by atoms with Gasteiger partial charge in [-0.1, -0.05) is 41.4 Å². The minimum absolute atomic E-state index is 0.0354. The van der Waals surface area contributed by atoms with Gasteiger partial charge in [-0.05, 0) is 75.0 Å². The molecule has 2 saturated heterocycles. The number of aromatic nitrogens is 1. The molecule has 1 spiro atoms. The third-order valence-electron chi connectivity index (χ3n) is 8.20. The molecule has 3 aliphatic heterocycles. The highest BCUT2D eigenvalue weighted by atomic mass is 35.5. The van der Waals surface area contributed by atoms with Crippen molar-refractivity contribution < 1.29 is 9.53 Å². The molecule has 2 fully saturated rings. The van der Waals surface area contributed by atoms with Crippen molar-refractivity contribution >= 4 is 62.4 Å². The van der Waals surface area contributed by atoms with Crippen molar-refractivity contribution in [3.8, 4) is 0 Å². The molecule has 0 N–H and O–H groups in total. The highest BCUT2D eigenvalue weighted by Gasteiger charge is 2.47. The van der Waals surface area contributed by atoms with Crippen LogP contribution in [0.1, 0.15) is 49.7 Å². The summed E-state index contributed by atoms with van der Waals surface area (Å²) in [5.41, 5.74) is 6.41. The van der Waals surface area contributed by atoms with E-state index in [9.17, 15) is 4.79 Å². The van der Waals surface area contributed by atoms with Gasteiger partial charge in [-0.2, -0.15) is 0 Å². The minimum Gasteiger partial charge on any atom is -0.378 e. The molecule has 5 nitrogen and oxygen atoms in total. The predicted octanol–water partition coefficient (Wildman–Crippen LogP) is 6.96. The van der Waals surface area contributed by atoms with E-state index in [0.717, 1.165) is 81.7 Å². The number of likely N-dealkylation sites (tertiary alicyclic amines) is 1. The second-order valence-corrected chi connectivity index (χ2v) is 12.2. The Labute approximate surface area is 232 Å². The third kappa shape index (κ3) is 5.07. The highest BCUT2D eigenvalue weighted by molar-refractivity contribution is 7.16. The summed E-state index contributed by atoms with van der Waals surface area (Å²) in [6, 6.07) is 9.99. The molecule has 0 radical (unpaired) electrons. The van der Waals surface area contributed by atoms with E-state index in [-0.39, 0.29) is 17.4 Å². The predicted molar refractivity (Wildman–Crippen MR) is 153 cm³/mol. The van der Waals surface area contributed by atoms with E-state index in [2.05, 4.69) is 34.1 Å². The van der Waals surface area contributed by atoms with Crippen molar-refractivity contribution in [3.05, 3.63) is 63.1 Å².